The van der Waals surface area contributed by atoms with Gasteiger partial charge in [-0.1, -0.05) is 12.7 Å². The van der Waals surface area contributed by atoms with Gasteiger partial charge in [0.05, 0.1) is 6.54 Å². The van der Waals surface area contributed by atoms with Gasteiger partial charge in [-0.25, -0.2) is 0 Å². The summed E-state index contributed by atoms with van der Waals surface area (Å²) in [6.07, 6.45) is 2.41. The molecule has 84 valence electrons. The van der Waals surface area contributed by atoms with Crippen molar-refractivity contribution in [3.63, 3.8) is 0 Å². The molecule has 0 bridgehead atoms. The molecule has 0 saturated carbocycles. The van der Waals surface area contributed by atoms with Crippen molar-refractivity contribution in [1.82, 2.24) is 5.32 Å². The molecule has 0 unspecified atom stereocenters. The van der Waals surface area contributed by atoms with E-state index in [2.05, 4.69) is 18.5 Å². The average Bonchev–Trinajstić information content (AvgIpc) is 2.64. The molecule has 1 aliphatic rings. The van der Waals surface area contributed by atoms with Gasteiger partial charge >= 0.3 is 0 Å². The highest BCUT2D eigenvalue weighted by Crippen LogP contribution is 2.46. The quantitative estimate of drug-likeness (QED) is 0.574. The van der Waals surface area contributed by atoms with Crippen molar-refractivity contribution in [2.24, 2.45) is 0 Å². The predicted molar refractivity (Wildman–Crippen MR) is 67.2 cm³/mol. The first kappa shape index (κ1) is 12.5. The highest BCUT2D eigenvalue weighted by molar-refractivity contribution is 8.22. The zero-order valence-corrected chi connectivity index (χ0v) is 10.1. The SMILES string of the molecule is C=CCC1(C(=O)NCC(=C)O)SCCS1. The Morgan fingerprint density at radius 3 is 2.60 bits per heavy atom. The van der Waals surface area contributed by atoms with E-state index in [-0.39, 0.29) is 18.2 Å². The summed E-state index contributed by atoms with van der Waals surface area (Å²) in [7, 11) is 0. The molecule has 3 nitrogen and oxygen atoms in total. The Balaban J connectivity index is 2.59. The average molecular weight is 245 g/mol. The van der Waals surface area contributed by atoms with Gasteiger partial charge in [0.15, 0.2) is 0 Å². The zero-order valence-electron chi connectivity index (χ0n) is 8.49. The van der Waals surface area contributed by atoms with Crippen LogP contribution in [0.4, 0.5) is 0 Å². The number of carbonyl (C=O) groups is 1. The fraction of sp³-hybridized carbons (Fsp3) is 0.500. The maximum absolute atomic E-state index is 11.9. The van der Waals surface area contributed by atoms with Crippen LogP contribution in [0.25, 0.3) is 0 Å². The van der Waals surface area contributed by atoms with Crippen molar-refractivity contribution in [3.8, 4) is 0 Å². The van der Waals surface area contributed by atoms with Crippen LogP contribution < -0.4 is 5.32 Å². The lowest BCUT2D eigenvalue weighted by Gasteiger charge is -2.24. The van der Waals surface area contributed by atoms with Gasteiger partial charge < -0.3 is 10.4 Å². The minimum absolute atomic E-state index is 0.0231. The van der Waals surface area contributed by atoms with E-state index in [1.165, 1.54) is 0 Å². The minimum atomic E-state index is -0.447. The fourth-order valence-corrected chi connectivity index (χ4v) is 4.34. The van der Waals surface area contributed by atoms with E-state index in [9.17, 15) is 4.79 Å². The molecule has 2 N–H and O–H groups in total. The molecule has 0 aromatic heterocycles. The molecule has 1 aliphatic heterocycles. The molecule has 1 fully saturated rings. The van der Waals surface area contributed by atoms with Crippen LogP contribution in [0.2, 0.25) is 0 Å². The van der Waals surface area contributed by atoms with Crippen LogP contribution in [0, 0.1) is 0 Å². The lowest BCUT2D eigenvalue weighted by Crippen LogP contribution is -2.41. The van der Waals surface area contributed by atoms with Crippen molar-refractivity contribution in [2.45, 2.75) is 10.5 Å². The van der Waals surface area contributed by atoms with Gasteiger partial charge in [0.2, 0.25) is 5.91 Å². The Hall–Kier alpha value is -0.550. The molecule has 1 amide bonds. The molecule has 0 spiro atoms. The second-order valence-electron chi connectivity index (χ2n) is 3.19. The summed E-state index contributed by atoms with van der Waals surface area (Å²) < 4.78 is -0.447. The standard InChI is InChI=1S/C10H15NO2S2/c1-3-4-10(14-5-6-15-10)9(13)11-7-8(2)12/h3,12H,1-2,4-7H2,(H,11,13). The lowest BCUT2D eigenvalue weighted by molar-refractivity contribution is -0.121. The first-order valence-corrected chi connectivity index (χ1v) is 6.62. The van der Waals surface area contributed by atoms with E-state index in [1.807, 2.05) is 0 Å². The Morgan fingerprint density at radius 2 is 2.13 bits per heavy atom. The van der Waals surface area contributed by atoms with Crippen LogP contribution in [0.15, 0.2) is 25.0 Å². The molecule has 0 aromatic carbocycles. The van der Waals surface area contributed by atoms with Crippen LogP contribution in [-0.2, 0) is 4.79 Å². The van der Waals surface area contributed by atoms with E-state index in [0.717, 1.165) is 11.5 Å². The van der Waals surface area contributed by atoms with Gasteiger partial charge in [0.25, 0.3) is 0 Å². The maximum Gasteiger partial charge on any atom is 0.247 e. The normalized spacial score (nSPS) is 18.4. The van der Waals surface area contributed by atoms with Crippen molar-refractivity contribution in [2.75, 3.05) is 18.1 Å². The molecule has 0 aliphatic carbocycles. The summed E-state index contributed by atoms with van der Waals surface area (Å²) in [5.41, 5.74) is 0. The number of carbonyl (C=O) groups excluding carboxylic acids is 1. The number of hydrogen-bond acceptors (Lipinski definition) is 4. The topological polar surface area (TPSA) is 49.3 Å². The first-order chi connectivity index (χ1) is 7.10. The van der Waals surface area contributed by atoms with Gasteiger partial charge in [-0.15, -0.1) is 30.1 Å². The number of amides is 1. The van der Waals surface area contributed by atoms with Crippen LogP contribution >= 0.6 is 23.5 Å². The second kappa shape index (κ2) is 5.51. The third kappa shape index (κ3) is 3.21. The Bertz CT molecular complexity index is 273. The van der Waals surface area contributed by atoms with Gasteiger partial charge in [0.1, 0.15) is 9.84 Å². The van der Waals surface area contributed by atoms with Crippen LogP contribution in [0.1, 0.15) is 6.42 Å². The summed E-state index contributed by atoms with van der Waals surface area (Å²) in [6.45, 7) is 7.13. The molecule has 0 aromatic rings. The third-order valence-corrected chi connectivity index (χ3v) is 5.38. The van der Waals surface area contributed by atoms with Gasteiger partial charge in [-0.05, 0) is 6.42 Å². The van der Waals surface area contributed by atoms with Gasteiger partial charge in [-0.2, -0.15) is 0 Å². The summed E-state index contributed by atoms with van der Waals surface area (Å²) in [4.78, 5) is 11.9. The molecule has 15 heavy (non-hydrogen) atoms. The van der Waals surface area contributed by atoms with Crippen molar-refractivity contribution >= 4 is 29.4 Å². The number of aliphatic hydroxyl groups is 1. The van der Waals surface area contributed by atoms with Crippen molar-refractivity contribution in [3.05, 3.63) is 25.0 Å². The molecular weight excluding hydrogens is 230 g/mol. The van der Waals surface area contributed by atoms with Crippen LogP contribution in [0.3, 0.4) is 0 Å². The maximum atomic E-state index is 11.9. The number of nitrogens with one attached hydrogen (secondary N) is 1. The summed E-state index contributed by atoms with van der Waals surface area (Å²) in [6, 6.07) is 0. The summed E-state index contributed by atoms with van der Waals surface area (Å²) in [5, 5.41) is 11.6. The monoisotopic (exact) mass is 245 g/mol. The highest BCUT2D eigenvalue weighted by atomic mass is 32.2. The van der Waals surface area contributed by atoms with Gasteiger partial charge in [-0.3, -0.25) is 4.79 Å². The molecule has 0 radical (unpaired) electrons. The van der Waals surface area contributed by atoms with E-state index < -0.39 is 4.08 Å². The van der Waals surface area contributed by atoms with E-state index in [0.29, 0.717) is 6.42 Å². The second-order valence-corrected chi connectivity index (χ2v) is 6.24. The van der Waals surface area contributed by atoms with Crippen molar-refractivity contribution < 1.29 is 9.90 Å². The minimum Gasteiger partial charge on any atom is -0.511 e. The Labute approximate surface area is 98.4 Å². The smallest absolute Gasteiger partial charge is 0.247 e. The van der Waals surface area contributed by atoms with Crippen LogP contribution in [0.5, 0.6) is 0 Å². The Morgan fingerprint density at radius 1 is 1.53 bits per heavy atom. The molecule has 1 saturated heterocycles. The molecule has 1 heterocycles. The predicted octanol–water partition coefficient (Wildman–Crippen LogP) is 1.93. The zero-order chi connectivity index (χ0) is 11.3. The van der Waals surface area contributed by atoms with E-state index in [1.54, 1.807) is 29.6 Å². The lowest BCUT2D eigenvalue weighted by atomic mass is 10.2. The number of rotatable bonds is 5. The van der Waals surface area contributed by atoms with Gasteiger partial charge in [0, 0.05) is 11.5 Å². The Kier molecular flexibility index (Phi) is 4.60. The largest absolute Gasteiger partial charge is 0.511 e. The number of allylic oxidation sites excluding steroid dienone is 1. The first-order valence-electron chi connectivity index (χ1n) is 4.64. The molecule has 1 rings (SSSR count). The molecule has 5 heteroatoms. The number of hydrogen-bond donors (Lipinski definition) is 2. The van der Waals surface area contributed by atoms with Crippen molar-refractivity contribution in [1.29, 1.82) is 0 Å². The third-order valence-electron chi connectivity index (χ3n) is 1.97. The molecule has 0 atom stereocenters. The number of aliphatic hydroxyl groups excluding tert-OH is 1. The summed E-state index contributed by atoms with van der Waals surface area (Å²) >= 11 is 3.29. The van der Waals surface area contributed by atoms with E-state index >= 15 is 0 Å². The van der Waals surface area contributed by atoms with E-state index in [4.69, 9.17) is 5.11 Å². The highest BCUT2D eigenvalue weighted by Gasteiger charge is 2.41. The number of thioether (sulfide) groups is 2. The van der Waals surface area contributed by atoms with Crippen LogP contribution in [-0.4, -0.2) is 33.1 Å². The fourth-order valence-electron chi connectivity index (χ4n) is 1.30. The summed E-state index contributed by atoms with van der Waals surface area (Å²) in [5.74, 6) is 1.88. The molecular formula is C10H15NO2S2.